The first kappa shape index (κ1) is 17.9. The average molecular weight is 344 g/mol. The van der Waals surface area contributed by atoms with E-state index in [9.17, 15) is 9.59 Å². The zero-order chi connectivity index (χ0) is 17.8. The molecule has 1 aromatic rings. The molecule has 1 aliphatic heterocycles. The van der Waals surface area contributed by atoms with Crippen LogP contribution < -0.4 is 0 Å². The maximum atomic E-state index is 13.0. The van der Waals surface area contributed by atoms with Crippen molar-refractivity contribution in [2.75, 3.05) is 20.7 Å². The molecule has 3 rings (SSSR count). The van der Waals surface area contributed by atoms with E-state index in [0.717, 1.165) is 24.0 Å². The molecular weight excluding hydrogens is 316 g/mol. The highest BCUT2D eigenvalue weighted by molar-refractivity contribution is 5.86. The maximum absolute atomic E-state index is 13.0. The number of rotatable bonds is 4. The van der Waals surface area contributed by atoms with Crippen molar-refractivity contribution in [2.24, 2.45) is 0 Å². The second-order valence-corrected chi connectivity index (χ2v) is 7.24. The molecule has 1 aliphatic carbocycles. The summed E-state index contributed by atoms with van der Waals surface area (Å²) in [4.78, 5) is 29.1. The van der Waals surface area contributed by atoms with E-state index in [-0.39, 0.29) is 11.9 Å². The van der Waals surface area contributed by atoms with Crippen molar-refractivity contribution in [1.82, 2.24) is 9.80 Å². The van der Waals surface area contributed by atoms with Gasteiger partial charge in [0.1, 0.15) is 6.04 Å². The molecule has 0 radical (unpaired) electrons. The number of esters is 1. The number of methoxy groups -OCH3 is 1. The lowest BCUT2D eigenvalue weighted by Crippen LogP contribution is -2.52. The van der Waals surface area contributed by atoms with Gasteiger partial charge in [-0.1, -0.05) is 43.5 Å². The number of hydrogen-bond acceptors (Lipinski definition) is 4. The Kier molecular flexibility index (Phi) is 5.74. The Morgan fingerprint density at radius 2 is 1.84 bits per heavy atom. The predicted molar refractivity (Wildman–Crippen MR) is 96.0 cm³/mol. The van der Waals surface area contributed by atoms with E-state index in [1.165, 1.54) is 26.4 Å². The first-order valence-corrected chi connectivity index (χ1v) is 9.24. The Labute approximate surface area is 149 Å². The summed E-state index contributed by atoms with van der Waals surface area (Å²) >= 11 is 0. The summed E-state index contributed by atoms with van der Waals surface area (Å²) in [5.41, 5.74) is 2.25. The van der Waals surface area contributed by atoms with Crippen molar-refractivity contribution in [3.63, 3.8) is 0 Å². The molecule has 2 aliphatic rings. The molecule has 1 fully saturated rings. The van der Waals surface area contributed by atoms with E-state index >= 15 is 0 Å². The smallest absolute Gasteiger partial charge is 0.328 e. The van der Waals surface area contributed by atoms with Crippen molar-refractivity contribution in [2.45, 2.75) is 57.2 Å². The minimum absolute atomic E-state index is 0.0120. The molecule has 1 saturated carbocycles. The van der Waals surface area contributed by atoms with Crippen LogP contribution in [0.5, 0.6) is 0 Å². The first-order valence-electron chi connectivity index (χ1n) is 9.24. The lowest BCUT2D eigenvalue weighted by atomic mass is 9.93. The summed E-state index contributed by atoms with van der Waals surface area (Å²) in [7, 11) is 3.42. The number of benzene rings is 1. The van der Waals surface area contributed by atoms with Crippen molar-refractivity contribution in [3.8, 4) is 0 Å². The van der Waals surface area contributed by atoms with E-state index in [1.807, 2.05) is 31.3 Å². The standard InChI is InChI=1S/C20H28N2O3/c1-21(17-10-4-3-5-11-17)14-19(23)22-13-16-9-7-6-8-15(16)12-18(22)20(24)25-2/h6-9,17-18H,3-5,10-14H2,1-2H3. The van der Waals surface area contributed by atoms with Crippen LogP contribution in [0.4, 0.5) is 0 Å². The third kappa shape index (κ3) is 4.03. The molecule has 1 aromatic carbocycles. The lowest BCUT2D eigenvalue weighted by molar-refractivity contribution is -0.154. The van der Waals surface area contributed by atoms with Gasteiger partial charge < -0.3 is 9.64 Å². The zero-order valence-electron chi connectivity index (χ0n) is 15.2. The number of hydrogen-bond donors (Lipinski definition) is 0. The van der Waals surface area contributed by atoms with E-state index in [4.69, 9.17) is 4.74 Å². The Bertz CT molecular complexity index is 625. The molecule has 5 heteroatoms. The van der Waals surface area contributed by atoms with Crippen molar-refractivity contribution < 1.29 is 14.3 Å². The van der Waals surface area contributed by atoms with Gasteiger partial charge in [0.25, 0.3) is 0 Å². The second-order valence-electron chi connectivity index (χ2n) is 7.24. The highest BCUT2D eigenvalue weighted by Gasteiger charge is 2.36. The first-order chi connectivity index (χ1) is 12.1. The molecule has 5 nitrogen and oxygen atoms in total. The normalized spacial score (nSPS) is 21.1. The topological polar surface area (TPSA) is 49.9 Å². The number of likely N-dealkylation sites (N-methyl/N-ethyl adjacent to an activating group) is 1. The molecule has 0 N–H and O–H groups in total. The number of ether oxygens (including phenoxy) is 1. The highest BCUT2D eigenvalue weighted by atomic mass is 16.5. The summed E-state index contributed by atoms with van der Waals surface area (Å²) in [6.07, 6.45) is 6.63. The maximum Gasteiger partial charge on any atom is 0.328 e. The van der Waals surface area contributed by atoms with Crippen LogP contribution in [-0.4, -0.2) is 54.5 Å². The Morgan fingerprint density at radius 3 is 2.52 bits per heavy atom. The summed E-state index contributed by atoms with van der Waals surface area (Å²) in [5, 5.41) is 0. The van der Waals surface area contributed by atoms with Gasteiger partial charge in [-0.05, 0) is 31.0 Å². The summed E-state index contributed by atoms with van der Waals surface area (Å²) in [6, 6.07) is 7.98. The number of nitrogens with zero attached hydrogens (tertiary/aromatic N) is 2. The predicted octanol–water partition coefficient (Wildman–Crippen LogP) is 2.38. The molecule has 25 heavy (non-hydrogen) atoms. The minimum Gasteiger partial charge on any atom is -0.467 e. The van der Waals surface area contributed by atoms with E-state index < -0.39 is 6.04 Å². The van der Waals surface area contributed by atoms with Crippen LogP contribution in [0.3, 0.4) is 0 Å². The fourth-order valence-corrected chi connectivity index (χ4v) is 4.09. The fraction of sp³-hybridized carbons (Fsp3) is 0.600. The summed E-state index contributed by atoms with van der Waals surface area (Å²) in [6.45, 7) is 0.841. The Hall–Kier alpha value is -1.88. The van der Waals surface area contributed by atoms with Crippen molar-refractivity contribution in [1.29, 1.82) is 0 Å². The number of carbonyl (C=O) groups is 2. The van der Waals surface area contributed by atoms with Crippen molar-refractivity contribution in [3.05, 3.63) is 35.4 Å². The van der Waals surface area contributed by atoms with Gasteiger partial charge >= 0.3 is 5.97 Å². The highest BCUT2D eigenvalue weighted by Crippen LogP contribution is 2.25. The van der Waals surface area contributed by atoms with Gasteiger partial charge in [0.2, 0.25) is 5.91 Å². The van der Waals surface area contributed by atoms with Crippen LogP contribution in [0.1, 0.15) is 43.2 Å². The number of carbonyl (C=O) groups excluding carboxylic acids is 2. The van der Waals surface area contributed by atoms with Crippen LogP contribution in [0, 0.1) is 0 Å². The number of amides is 1. The van der Waals surface area contributed by atoms with E-state index in [0.29, 0.717) is 25.6 Å². The van der Waals surface area contributed by atoms with Crippen LogP contribution in [0.25, 0.3) is 0 Å². The van der Waals surface area contributed by atoms with Crippen LogP contribution in [0.15, 0.2) is 24.3 Å². The molecule has 1 heterocycles. The lowest BCUT2D eigenvalue weighted by Gasteiger charge is -2.37. The van der Waals surface area contributed by atoms with Gasteiger partial charge in [0.15, 0.2) is 0 Å². The van der Waals surface area contributed by atoms with Crippen LogP contribution in [0.2, 0.25) is 0 Å². The monoisotopic (exact) mass is 344 g/mol. The largest absolute Gasteiger partial charge is 0.467 e. The molecule has 1 amide bonds. The molecule has 0 saturated heterocycles. The van der Waals surface area contributed by atoms with Gasteiger partial charge in [-0.3, -0.25) is 9.69 Å². The van der Waals surface area contributed by atoms with E-state index in [2.05, 4.69) is 4.90 Å². The van der Waals surface area contributed by atoms with Crippen LogP contribution in [-0.2, 0) is 27.3 Å². The van der Waals surface area contributed by atoms with E-state index in [1.54, 1.807) is 4.90 Å². The molecule has 1 unspecified atom stereocenters. The van der Waals surface area contributed by atoms with Gasteiger partial charge in [0.05, 0.1) is 13.7 Å². The molecule has 0 aromatic heterocycles. The van der Waals surface area contributed by atoms with Crippen LogP contribution >= 0.6 is 0 Å². The molecular formula is C20H28N2O3. The average Bonchev–Trinajstić information content (AvgIpc) is 2.66. The molecule has 136 valence electrons. The zero-order valence-corrected chi connectivity index (χ0v) is 15.2. The quantitative estimate of drug-likeness (QED) is 0.787. The van der Waals surface area contributed by atoms with Crippen molar-refractivity contribution >= 4 is 11.9 Å². The SMILES string of the molecule is COC(=O)C1Cc2ccccc2CN1C(=O)CN(C)C1CCCCC1. The van der Waals surface area contributed by atoms with Gasteiger partial charge in [-0.25, -0.2) is 4.79 Å². The minimum atomic E-state index is -0.521. The molecule has 0 spiro atoms. The Morgan fingerprint density at radius 1 is 1.16 bits per heavy atom. The number of fused-ring (bicyclic) bond motifs is 1. The summed E-state index contributed by atoms with van der Waals surface area (Å²) < 4.78 is 4.96. The second kappa shape index (κ2) is 8.00. The fourth-order valence-electron chi connectivity index (χ4n) is 4.09. The molecule has 0 bridgehead atoms. The van der Waals surface area contributed by atoms with Gasteiger partial charge in [0, 0.05) is 19.0 Å². The molecule has 1 atom stereocenters. The summed E-state index contributed by atoms with van der Waals surface area (Å²) in [5.74, 6) is -0.318. The van der Waals surface area contributed by atoms with Gasteiger partial charge in [-0.15, -0.1) is 0 Å². The third-order valence-corrected chi connectivity index (χ3v) is 5.62. The third-order valence-electron chi connectivity index (χ3n) is 5.62. The van der Waals surface area contributed by atoms with Gasteiger partial charge in [-0.2, -0.15) is 0 Å². The Balaban J connectivity index is 1.73.